The Morgan fingerprint density at radius 3 is 2.19 bits per heavy atom. The van der Waals surface area contributed by atoms with Crippen molar-refractivity contribution in [3.63, 3.8) is 0 Å². The summed E-state index contributed by atoms with van der Waals surface area (Å²) in [5.74, 6) is 1.20. The first-order chi connectivity index (χ1) is 7.35. The number of likely N-dealkylation sites (tertiary alicyclic amines) is 1. The van der Waals surface area contributed by atoms with Crippen LogP contribution in [0.4, 0.5) is 4.79 Å². The van der Waals surface area contributed by atoms with Gasteiger partial charge in [0.25, 0.3) is 0 Å². The number of carbonyl (C=O) groups is 1. The second-order valence-corrected chi connectivity index (χ2v) is 6.14. The Morgan fingerprint density at radius 1 is 1.25 bits per heavy atom. The van der Waals surface area contributed by atoms with Crippen LogP contribution in [0.2, 0.25) is 0 Å². The van der Waals surface area contributed by atoms with Crippen molar-refractivity contribution >= 4 is 6.09 Å². The SMILES string of the molecule is CC(C)(C)OC(=O)N1CC2C[C@@H](N)C[C@H]2C1. The maximum Gasteiger partial charge on any atom is 0.410 e. The molecule has 0 aromatic heterocycles. The predicted octanol–water partition coefficient (Wildman–Crippen LogP) is 1.59. The molecule has 1 saturated heterocycles. The number of hydrogen-bond acceptors (Lipinski definition) is 3. The number of amides is 1. The normalized spacial score (nSPS) is 34.0. The number of nitrogens with zero attached hydrogens (tertiary/aromatic N) is 1. The van der Waals surface area contributed by atoms with Gasteiger partial charge in [-0.15, -0.1) is 0 Å². The van der Waals surface area contributed by atoms with Crippen molar-refractivity contribution in [3.05, 3.63) is 0 Å². The summed E-state index contributed by atoms with van der Waals surface area (Å²) in [6.07, 6.45) is 1.95. The lowest BCUT2D eigenvalue weighted by molar-refractivity contribution is 0.0279. The molecule has 1 amide bonds. The lowest BCUT2D eigenvalue weighted by Crippen LogP contribution is -2.36. The number of hydrogen-bond donors (Lipinski definition) is 1. The van der Waals surface area contributed by atoms with Crippen molar-refractivity contribution in [1.29, 1.82) is 0 Å². The quantitative estimate of drug-likeness (QED) is 0.682. The first-order valence-corrected chi connectivity index (χ1v) is 6.08. The highest BCUT2D eigenvalue weighted by Crippen LogP contribution is 2.37. The molecular weight excluding hydrogens is 204 g/mol. The average molecular weight is 226 g/mol. The van der Waals surface area contributed by atoms with Crippen LogP contribution < -0.4 is 5.73 Å². The molecular formula is C12H22N2O2. The van der Waals surface area contributed by atoms with Crippen LogP contribution in [0.1, 0.15) is 33.6 Å². The number of rotatable bonds is 0. The maximum absolute atomic E-state index is 11.8. The minimum absolute atomic E-state index is 0.171. The van der Waals surface area contributed by atoms with Gasteiger partial charge in [-0.2, -0.15) is 0 Å². The van der Waals surface area contributed by atoms with E-state index in [1.54, 1.807) is 0 Å². The van der Waals surface area contributed by atoms with Gasteiger partial charge in [-0.1, -0.05) is 0 Å². The van der Waals surface area contributed by atoms with Crippen molar-refractivity contribution in [1.82, 2.24) is 4.90 Å². The minimum Gasteiger partial charge on any atom is -0.444 e. The van der Waals surface area contributed by atoms with Crippen LogP contribution in [-0.2, 0) is 4.74 Å². The molecule has 0 radical (unpaired) electrons. The summed E-state index contributed by atoms with van der Waals surface area (Å²) >= 11 is 0. The molecule has 1 aliphatic carbocycles. The molecule has 2 N–H and O–H groups in total. The number of nitrogens with two attached hydrogens (primary N) is 1. The van der Waals surface area contributed by atoms with Crippen molar-refractivity contribution < 1.29 is 9.53 Å². The number of carbonyl (C=O) groups excluding carboxylic acids is 1. The summed E-state index contributed by atoms with van der Waals surface area (Å²) in [5.41, 5.74) is 5.52. The Kier molecular flexibility index (Phi) is 2.86. The molecule has 1 heterocycles. The number of ether oxygens (including phenoxy) is 1. The molecule has 3 atom stereocenters. The highest BCUT2D eigenvalue weighted by molar-refractivity contribution is 5.68. The zero-order valence-electron chi connectivity index (χ0n) is 10.4. The maximum atomic E-state index is 11.8. The van der Waals surface area contributed by atoms with E-state index >= 15 is 0 Å². The van der Waals surface area contributed by atoms with Gasteiger partial charge in [0.05, 0.1) is 0 Å². The molecule has 4 heteroatoms. The van der Waals surface area contributed by atoms with Crippen molar-refractivity contribution in [2.24, 2.45) is 17.6 Å². The predicted molar refractivity (Wildman–Crippen MR) is 62.0 cm³/mol. The molecule has 4 nitrogen and oxygen atoms in total. The second kappa shape index (κ2) is 3.91. The van der Waals surface area contributed by atoms with E-state index < -0.39 is 5.60 Å². The first kappa shape index (κ1) is 11.7. The molecule has 16 heavy (non-hydrogen) atoms. The van der Waals surface area contributed by atoms with Crippen LogP contribution in [0.15, 0.2) is 0 Å². The smallest absolute Gasteiger partial charge is 0.410 e. The van der Waals surface area contributed by atoms with Gasteiger partial charge in [0.2, 0.25) is 0 Å². The third-order valence-corrected chi connectivity index (χ3v) is 3.44. The molecule has 2 aliphatic rings. The fraction of sp³-hybridized carbons (Fsp3) is 0.917. The summed E-state index contributed by atoms with van der Waals surface area (Å²) in [6, 6.07) is 0.343. The van der Waals surface area contributed by atoms with E-state index in [1.807, 2.05) is 25.7 Å². The van der Waals surface area contributed by atoms with Gasteiger partial charge in [0.1, 0.15) is 5.60 Å². The van der Waals surface area contributed by atoms with Gasteiger partial charge < -0.3 is 15.4 Å². The van der Waals surface area contributed by atoms with Gasteiger partial charge in [-0.05, 0) is 45.4 Å². The summed E-state index contributed by atoms with van der Waals surface area (Å²) in [4.78, 5) is 13.7. The van der Waals surface area contributed by atoms with Gasteiger partial charge >= 0.3 is 6.09 Å². The van der Waals surface area contributed by atoms with E-state index in [4.69, 9.17) is 10.5 Å². The zero-order chi connectivity index (χ0) is 11.9. The lowest BCUT2D eigenvalue weighted by Gasteiger charge is -2.25. The summed E-state index contributed by atoms with van der Waals surface area (Å²) in [6.45, 7) is 7.35. The van der Waals surface area contributed by atoms with E-state index in [1.165, 1.54) is 0 Å². The van der Waals surface area contributed by atoms with Crippen LogP contribution in [0.3, 0.4) is 0 Å². The van der Waals surface area contributed by atoms with Gasteiger partial charge in [-0.25, -0.2) is 4.79 Å². The Morgan fingerprint density at radius 2 is 1.75 bits per heavy atom. The van der Waals surface area contributed by atoms with E-state index in [0.29, 0.717) is 17.9 Å². The van der Waals surface area contributed by atoms with Gasteiger partial charge in [0, 0.05) is 19.1 Å². The molecule has 92 valence electrons. The average Bonchev–Trinajstić information content (AvgIpc) is 2.56. The van der Waals surface area contributed by atoms with Crippen LogP contribution >= 0.6 is 0 Å². The van der Waals surface area contributed by atoms with Crippen molar-refractivity contribution in [2.75, 3.05) is 13.1 Å². The molecule has 0 aromatic carbocycles. The van der Waals surface area contributed by atoms with Crippen molar-refractivity contribution in [3.8, 4) is 0 Å². The molecule has 1 unspecified atom stereocenters. The zero-order valence-corrected chi connectivity index (χ0v) is 10.4. The van der Waals surface area contributed by atoms with Gasteiger partial charge in [0.15, 0.2) is 0 Å². The van der Waals surface area contributed by atoms with Crippen LogP contribution in [0.5, 0.6) is 0 Å². The van der Waals surface area contributed by atoms with E-state index in [2.05, 4.69) is 0 Å². The van der Waals surface area contributed by atoms with Crippen LogP contribution in [-0.4, -0.2) is 35.7 Å². The van der Waals surface area contributed by atoms with E-state index in [0.717, 1.165) is 25.9 Å². The Labute approximate surface area is 97.1 Å². The standard InChI is InChI=1S/C12H22N2O2/c1-12(2,3)16-11(15)14-6-8-4-10(13)5-9(8)7-14/h8-10H,4-7,13H2,1-3H3/t8-,9?,10-/m0/s1. The molecule has 2 fully saturated rings. The molecule has 2 rings (SSSR count). The highest BCUT2D eigenvalue weighted by Gasteiger charge is 2.42. The monoisotopic (exact) mass is 226 g/mol. The summed E-state index contributed by atoms with van der Waals surface area (Å²) < 4.78 is 5.37. The molecule has 1 saturated carbocycles. The van der Waals surface area contributed by atoms with Crippen LogP contribution in [0, 0.1) is 11.8 Å². The Hall–Kier alpha value is -0.770. The Balaban J connectivity index is 1.88. The minimum atomic E-state index is -0.398. The summed E-state index contributed by atoms with van der Waals surface area (Å²) in [7, 11) is 0. The van der Waals surface area contributed by atoms with E-state index in [-0.39, 0.29) is 6.09 Å². The molecule has 0 bridgehead atoms. The van der Waals surface area contributed by atoms with Crippen LogP contribution in [0.25, 0.3) is 0 Å². The Bertz CT molecular complexity index is 271. The third-order valence-electron chi connectivity index (χ3n) is 3.44. The second-order valence-electron chi connectivity index (χ2n) is 6.14. The third kappa shape index (κ3) is 2.48. The molecule has 0 spiro atoms. The topological polar surface area (TPSA) is 55.6 Å². The van der Waals surface area contributed by atoms with Crippen molar-refractivity contribution in [2.45, 2.75) is 45.3 Å². The van der Waals surface area contributed by atoms with E-state index in [9.17, 15) is 4.79 Å². The summed E-state index contributed by atoms with van der Waals surface area (Å²) in [5, 5.41) is 0. The largest absolute Gasteiger partial charge is 0.444 e. The fourth-order valence-electron chi connectivity index (χ4n) is 2.82. The first-order valence-electron chi connectivity index (χ1n) is 6.08. The number of fused-ring (bicyclic) bond motifs is 1. The van der Waals surface area contributed by atoms with Gasteiger partial charge in [-0.3, -0.25) is 0 Å². The fourth-order valence-corrected chi connectivity index (χ4v) is 2.82. The highest BCUT2D eigenvalue weighted by atomic mass is 16.6. The molecule has 0 aromatic rings. The lowest BCUT2D eigenvalue weighted by atomic mass is 10.0. The molecule has 1 aliphatic heterocycles.